The van der Waals surface area contributed by atoms with E-state index in [1.165, 1.54) is 6.92 Å². The minimum absolute atomic E-state index is 0.208. The van der Waals surface area contributed by atoms with E-state index >= 15 is 0 Å². The highest BCUT2D eigenvalue weighted by Gasteiger charge is 2.16. The van der Waals surface area contributed by atoms with Crippen LogP contribution in [0.2, 0.25) is 0 Å². The van der Waals surface area contributed by atoms with Crippen molar-refractivity contribution in [3.05, 3.63) is 0 Å². The fourth-order valence-electron chi connectivity index (χ4n) is 0.580. The van der Waals surface area contributed by atoms with Crippen LogP contribution in [-0.4, -0.2) is 44.1 Å². The number of carbonyl (C=O) groups is 2. The minimum Gasteiger partial charge on any atom is -0.389 e. The molecule has 0 aliphatic heterocycles. The molecule has 4 heteroatoms. The van der Waals surface area contributed by atoms with Gasteiger partial charge in [-0.3, -0.25) is 4.79 Å². The van der Waals surface area contributed by atoms with Crippen LogP contribution in [-0.2, 0) is 14.3 Å². The molecule has 64 valence electrons. The van der Waals surface area contributed by atoms with Crippen molar-refractivity contribution in [2.75, 3.05) is 27.7 Å². The van der Waals surface area contributed by atoms with Gasteiger partial charge >= 0.3 is 11.9 Å². The highest BCUT2D eigenvalue weighted by Crippen LogP contribution is 1.91. The molecular formula is C7H14NO3+. The summed E-state index contributed by atoms with van der Waals surface area (Å²) in [6.45, 7) is 1.42. The molecule has 0 radical (unpaired) electrons. The molecule has 0 bridgehead atoms. The van der Waals surface area contributed by atoms with E-state index < -0.39 is 11.9 Å². The molecule has 0 aliphatic rings. The molecule has 0 aromatic carbocycles. The quantitative estimate of drug-likeness (QED) is 0.319. The maximum Gasteiger partial charge on any atom is 0.369 e. The minimum atomic E-state index is -0.552. The third-order valence-electron chi connectivity index (χ3n) is 0.861. The summed E-state index contributed by atoms with van der Waals surface area (Å²) in [5.74, 6) is -1.03. The molecule has 0 saturated carbocycles. The van der Waals surface area contributed by atoms with Crippen molar-refractivity contribution in [1.29, 1.82) is 0 Å². The van der Waals surface area contributed by atoms with Gasteiger partial charge in [-0.05, 0) is 0 Å². The number of nitrogens with zero attached hydrogens (tertiary/aromatic N) is 1. The first kappa shape index (κ1) is 10.1. The number of esters is 2. The maximum atomic E-state index is 10.8. The molecule has 0 aromatic heterocycles. The standard InChI is InChI=1S/C7H14NO3/c1-6(9)11-7(10)5-8(2,3)4/h5H2,1-4H3/q+1. The zero-order valence-corrected chi connectivity index (χ0v) is 7.38. The van der Waals surface area contributed by atoms with Crippen molar-refractivity contribution in [1.82, 2.24) is 0 Å². The molecule has 0 N–H and O–H groups in total. The van der Waals surface area contributed by atoms with E-state index in [2.05, 4.69) is 4.74 Å². The Kier molecular flexibility index (Phi) is 3.19. The molecule has 0 aromatic rings. The summed E-state index contributed by atoms with van der Waals surface area (Å²) in [5.41, 5.74) is 0. The summed E-state index contributed by atoms with van der Waals surface area (Å²) in [7, 11) is 5.55. The van der Waals surface area contributed by atoms with Gasteiger partial charge in [-0.2, -0.15) is 0 Å². The van der Waals surface area contributed by atoms with Gasteiger partial charge in [0.25, 0.3) is 0 Å². The van der Waals surface area contributed by atoms with Gasteiger partial charge in [-0.1, -0.05) is 0 Å². The molecular weight excluding hydrogens is 146 g/mol. The van der Waals surface area contributed by atoms with Crippen LogP contribution in [0, 0.1) is 0 Å². The van der Waals surface area contributed by atoms with Crippen LogP contribution >= 0.6 is 0 Å². The smallest absolute Gasteiger partial charge is 0.369 e. The first-order valence-electron chi connectivity index (χ1n) is 3.33. The number of carbonyl (C=O) groups excluding carboxylic acids is 2. The van der Waals surface area contributed by atoms with E-state index in [4.69, 9.17) is 0 Å². The number of hydrogen-bond donors (Lipinski definition) is 0. The van der Waals surface area contributed by atoms with Crippen molar-refractivity contribution in [3.63, 3.8) is 0 Å². The first-order chi connectivity index (χ1) is 4.81. The first-order valence-corrected chi connectivity index (χ1v) is 3.33. The van der Waals surface area contributed by atoms with Crippen molar-refractivity contribution in [2.24, 2.45) is 0 Å². The van der Waals surface area contributed by atoms with Gasteiger partial charge < -0.3 is 9.22 Å². The van der Waals surface area contributed by atoms with E-state index in [0.29, 0.717) is 4.48 Å². The Balaban J connectivity index is 3.80. The lowest BCUT2D eigenvalue weighted by Crippen LogP contribution is -2.40. The monoisotopic (exact) mass is 160 g/mol. The molecule has 0 amide bonds. The molecule has 0 rings (SSSR count). The lowest BCUT2D eigenvalue weighted by atomic mass is 10.5. The third-order valence-corrected chi connectivity index (χ3v) is 0.861. The Labute approximate surface area is 66.3 Å². The molecule has 0 heterocycles. The Hall–Kier alpha value is -0.900. The average Bonchev–Trinajstić information content (AvgIpc) is 1.53. The third kappa shape index (κ3) is 6.99. The van der Waals surface area contributed by atoms with Crippen molar-refractivity contribution >= 4 is 11.9 Å². The van der Waals surface area contributed by atoms with Gasteiger partial charge in [0.2, 0.25) is 0 Å². The van der Waals surface area contributed by atoms with Crippen LogP contribution in [0.4, 0.5) is 0 Å². The number of likely N-dealkylation sites (N-methyl/N-ethyl adjacent to an activating group) is 1. The number of rotatable bonds is 2. The van der Waals surface area contributed by atoms with Crippen LogP contribution in [0.15, 0.2) is 0 Å². The average molecular weight is 160 g/mol. The van der Waals surface area contributed by atoms with E-state index in [1.54, 1.807) is 0 Å². The highest BCUT2D eigenvalue weighted by molar-refractivity contribution is 5.84. The van der Waals surface area contributed by atoms with Crippen molar-refractivity contribution < 1.29 is 18.8 Å². The van der Waals surface area contributed by atoms with E-state index in [0.717, 1.165) is 0 Å². The molecule has 0 aliphatic carbocycles. The summed E-state index contributed by atoms with van der Waals surface area (Å²) in [4.78, 5) is 21.1. The van der Waals surface area contributed by atoms with E-state index in [9.17, 15) is 9.59 Å². The van der Waals surface area contributed by atoms with Gasteiger partial charge in [0.1, 0.15) is 0 Å². The summed E-state index contributed by atoms with van der Waals surface area (Å²) >= 11 is 0. The normalized spacial score (nSPS) is 10.9. The molecule has 11 heavy (non-hydrogen) atoms. The van der Waals surface area contributed by atoms with Crippen LogP contribution in [0.5, 0.6) is 0 Å². The van der Waals surface area contributed by atoms with Crippen LogP contribution in [0.3, 0.4) is 0 Å². The lowest BCUT2D eigenvalue weighted by Gasteiger charge is -2.21. The fourth-order valence-corrected chi connectivity index (χ4v) is 0.580. The Bertz CT molecular complexity index is 169. The predicted molar refractivity (Wildman–Crippen MR) is 39.7 cm³/mol. The molecule has 0 saturated heterocycles. The Morgan fingerprint density at radius 2 is 1.73 bits per heavy atom. The van der Waals surface area contributed by atoms with Gasteiger partial charge in [0.05, 0.1) is 21.1 Å². The summed E-state index contributed by atoms with van der Waals surface area (Å²) in [5, 5.41) is 0. The molecule has 0 spiro atoms. The largest absolute Gasteiger partial charge is 0.389 e. The summed E-state index contributed by atoms with van der Waals surface area (Å²) < 4.78 is 4.80. The predicted octanol–water partition coefficient (Wildman–Crippen LogP) is -0.218. The second-order valence-electron chi connectivity index (χ2n) is 3.41. The topological polar surface area (TPSA) is 43.4 Å². The highest BCUT2D eigenvalue weighted by atomic mass is 16.6. The number of hydrogen-bond acceptors (Lipinski definition) is 3. The van der Waals surface area contributed by atoms with Crippen LogP contribution in [0.1, 0.15) is 6.92 Å². The molecule has 0 unspecified atom stereocenters. The second-order valence-corrected chi connectivity index (χ2v) is 3.41. The van der Waals surface area contributed by atoms with Crippen LogP contribution in [0.25, 0.3) is 0 Å². The second kappa shape index (κ2) is 3.48. The zero-order valence-electron chi connectivity index (χ0n) is 7.38. The fraction of sp³-hybridized carbons (Fsp3) is 0.714. The SMILES string of the molecule is CC(=O)OC(=O)C[N+](C)(C)C. The van der Waals surface area contributed by atoms with Crippen LogP contribution < -0.4 is 0 Å². The van der Waals surface area contributed by atoms with E-state index in [1.807, 2.05) is 21.1 Å². The van der Waals surface area contributed by atoms with Crippen molar-refractivity contribution in [2.45, 2.75) is 6.92 Å². The van der Waals surface area contributed by atoms with Gasteiger partial charge in [0, 0.05) is 6.92 Å². The lowest BCUT2D eigenvalue weighted by molar-refractivity contribution is -0.862. The van der Waals surface area contributed by atoms with Gasteiger partial charge in [-0.25, -0.2) is 4.79 Å². The van der Waals surface area contributed by atoms with Gasteiger partial charge in [0.15, 0.2) is 6.54 Å². The molecule has 0 fully saturated rings. The zero-order chi connectivity index (χ0) is 9.07. The number of quaternary nitrogens is 1. The summed E-state index contributed by atoms with van der Waals surface area (Å²) in [6, 6.07) is 0. The van der Waals surface area contributed by atoms with Crippen molar-refractivity contribution in [3.8, 4) is 0 Å². The molecule has 4 nitrogen and oxygen atoms in total. The maximum absolute atomic E-state index is 10.8. The Morgan fingerprint density at radius 1 is 1.27 bits per heavy atom. The van der Waals surface area contributed by atoms with Gasteiger partial charge in [-0.15, -0.1) is 0 Å². The number of ether oxygens (including phenoxy) is 1. The van der Waals surface area contributed by atoms with E-state index in [-0.39, 0.29) is 6.54 Å². The summed E-state index contributed by atoms with van der Waals surface area (Å²) in [6.07, 6.45) is 0. The molecule has 0 atom stereocenters. The Morgan fingerprint density at radius 3 is 2.00 bits per heavy atom.